The minimum absolute atomic E-state index is 0.175. The van der Waals surface area contributed by atoms with Crippen molar-refractivity contribution in [3.05, 3.63) is 77.4 Å². The number of nitrogens with zero attached hydrogens (tertiary/aromatic N) is 1. The summed E-state index contributed by atoms with van der Waals surface area (Å²) in [6, 6.07) is 20.7. The Morgan fingerprint density at radius 1 is 1.04 bits per heavy atom. The summed E-state index contributed by atoms with van der Waals surface area (Å²) >= 11 is 0. The van der Waals surface area contributed by atoms with Gasteiger partial charge in [0.2, 0.25) is 0 Å². The normalized spacial score (nSPS) is 15.2. The number of hydrogen-bond acceptors (Lipinski definition) is 3. The molecule has 2 aromatic carbocycles. The largest absolute Gasteiger partial charge is 0.463 e. The van der Waals surface area contributed by atoms with Gasteiger partial charge in [-0.25, -0.2) is 4.79 Å². The maximum Gasteiger partial charge on any atom is 0.335 e. The molecule has 130 valence electrons. The molecule has 0 unspecified atom stereocenters. The lowest BCUT2D eigenvalue weighted by Gasteiger charge is -2.30. The molecule has 0 spiro atoms. The van der Waals surface area contributed by atoms with Gasteiger partial charge in [-0.15, -0.1) is 0 Å². The third kappa shape index (κ3) is 4.58. The van der Waals surface area contributed by atoms with Crippen LogP contribution in [0.25, 0.3) is 5.57 Å². The minimum atomic E-state index is -0.175. The lowest BCUT2D eigenvalue weighted by atomic mass is 9.93. The van der Waals surface area contributed by atoms with Crippen molar-refractivity contribution in [2.45, 2.75) is 19.8 Å². The van der Waals surface area contributed by atoms with Crippen molar-refractivity contribution in [1.82, 2.24) is 4.90 Å². The summed E-state index contributed by atoms with van der Waals surface area (Å²) in [6.45, 7) is 4.86. The van der Waals surface area contributed by atoms with Crippen LogP contribution in [0, 0.1) is 0 Å². The standard InChI is InChI=1S/C22H25NO2/c1-2-25-22(24)21-17-23(15-13-18-9-5-3-6-10-18)16-14-20(21)19-11-7-4-8-12-19/h3-12H,2,13-17H2,1H3. The van der Waals surface area contributed by atoms with Gasteiger partial charge in [-0.3, -0.25) is 4.90 Å². The summed E-state index contributed by atoms with van der Waals surface area (Å²) in [5, 5.41) is 0. The fraction of sp³-hybridized carbons (Fsp3) is 0.318. The molecule has 3 rings (SSSR count). The first-order valence-corrected chi connectivity index (χ1v) is 8.98. The number of ether oxygens (including phenoxy) is 1. The molecule has 0 saturated heterocycles. The highest BCUT2D eigenvalue weighted by Crippen LogP contribution is 2.28. The monoisotopic (exact) mass is 335 g/mol. The molecule has 1 aliphatic rings. The molecule has 3 heteroatoms. The number of benzene rings is 2. The maximum absolute atomic E-state index is 12.5. The van der Waals surface area contributed by atoms with E-state index in [9.17, 15) is 4.79 Å². The Hall–Kier alpha value is -2.39. The average molecular weight is 335 g/mol. The fourth-order valence-corrected chi connectivity index (χ4v) is 3.31. The Kier molecular flexibility index (Phi) is 6.02. The molecule has 25 heavy (non-hydrogen) atoms. The zero-order valence-electron chi connectivity index (χ0n) is 14.8. The van der Waals surface area contributed by atoms with Crippen molar-refractivity contribution in [3.8, 4) is 0 Å². The SMILES string of the molecule is CCOC(=O)C1=C(c2ccccc2)CCN(CCc2ccccc2)C1. The highest BCUT2D eigenvalue weighted by molar-refractivity contribution is 5.98. The highest BCUT2D eigenvalue weighted by Gasteiger charge is 2.25. The van der Waals surface area contributed by atoms with E-state index in [0.29, 0.717) is 13.2 Å². The lowest BCUT2D eigenvalue weighted by molar-refractivity contribution is -0.138. The van der Waals surface area contributed by atoms with Crippen LogP contribution in [0.5, 0.6) is 0 Å². The highest BCUT2D eigenvalue weighted by atomic mass is 16.5. The van der Waals surface area contributed by atoms with Crippen LogP contribution in [0.3, 0.4) is 0 Å². The van der Waals surface area contributed by atoms with Crippen LogP contribution in [0.4, 0.5) is 0 Å². The molecule has 0 radical (unpaired) electrons. The van der Waals surface area contributed by atoms with Crippen LogP contribution in [0.1, 0.15) is 24.5 Å². The predicted molar refractivity (Wildman–Crippen MR) is 101 cm³/mol. The molecule has 0 atom stereocenters. The molecule has 1 aliphatic heterocycles. The fourth-order valence-electron chi connectivity index (χ4n) is 3.31. The van der Waals surface area contributed by atoms with Gasteiger partial charge in [0, 0.05) is 19.6 Å². The van der Waals surface area contributed by atoms with E-state index in [2.05, 4.69) is 41.3 Å². The average Bonchev–Trinajstić information content (AvgIpc) is 2.68. The van der Waals surface area contributed by atoms with Gasteiger partial charge >= 0.3 is 5.97 Å². The second-order valence-electron chi connectivity index (χ2n) is 6.31. The number of hydrogen-bond donors (Lipinski definition) is 0. The number of esters is 1. The summed E-state index contributed by atoms with van der Waals surface area (Å²) in [5.41, 5.74) is 4.41. The van der Waals surface area contributed by atoms with Gasteiger partial charge in [0.05, 0.1) is 12.2 Å². The zero-order valence-corrected chi connectivity index (χ0v) is 14.8. The van der Waals surface area contributed by atoms with Gasteiger partial charge in [0.15, 0.2) is 0 Å². The van der Waals surface area contributed by atoms with Crippen LogP contribution >= 0.6 is 0 Å². The van der Waals surface area contributed by atoms with E-state index < -0.39 is 0 Å². The minimum Gasteiger partial charge on any atom is -0.463 e. The summed E-state index contributed by atoms with van der Waals surface area (Å²) in [6.07, 6.45) is 1.88. The van der Waals surface area contributed by atoms with Gasteiger partial charge in [0.1, 0.15) is 0 Å². The summed E-state index contributed by atoms with van der Waals surface area (Å²) < 4.78 is 5.32. The first-order valence-electron chi connectivity index (χ1n) is 8.98. The lowest BCUT2D eigenvalue weighted by Crippen LogP contribution is -2.35. The molecule has 0 N–H and O–H groups in total. The van der Waals surface area contributed by atoms with Crippen LogP contribution in [-0.2, 0) is 16.0 Å². The molecule has 3 nitrogen and oxygen atoms in total. The summed E-state index contributed by atoms with van der Waals surface area (Å²) in [5.74, 6) is -0.175. The second-order valence-corrected chi connectivity index (χ2v) is 6.31. The van der Waals surface area contributed by atoms with E-state index in [1.807, 2.05) is 31.2 Å². The molecule has 0 fully saturated rings. The molecule has 0 aliphatic carbocycles. The molecule has 0 bridgehead atoms. The Labute approximate surface area is 149 Å². The van der Waals surface area contributed by atoms with Gasteiger partial charge in [0.25, 0.3) is 0 Å². The number of carbonyl (C=O) groups excluding carboxylic acids is 1. The number of rotatable bonds is 6. The van der Waals surface area contributed by atoms with Crippen LogP contribution in [0.2, 0.25) is 0 Å². The third-order valence-electron chi connectivity index (χ3n) is 4.63. The molecular formula is C22H25NO2. The first-order chi connectivity index (χ1) is 12.3. The maximum atomic E-state index is 12.5. The molecule has 0 aromatic heterocycles. The quantitative estimate of drug-likeness (QED) is 0.749. The van der Waals surface area contributed by atoms with Crippen LogP contribution < -0.4 is 0 Å². The first kappa shape index (κ1) is 17.4. The molecule has 0 amide bonds. The van der Waals surface area contributed by atoms with Crippen molar-refractivity contribution in [3.63, 3.8) is 0 Å². The Morgan fingerprint density at radius 2 is 1.72 bits per heavy atom. The van der Waals surface area contributed by atoms with Gasteiger partial charge in [-0.2, -0.15) is 0 Å². The zero-order chi connectivity index (χ0) is 17.5. The molecule has 1 heterocycles. The Bertz CT molecular complexity index is 722. The number of carbonyl (C=O) groups is 1. The van der Waals surface area contributed by atoms with Gasteiger partial charge in [-0.05, 0) is 36.5 Å². The van der Waals surface area contributed by atoms with E-state index in [1.54, 1.807) is 0 Å². The van der Waals surface area contributed by atoms with Crippen molar-refractivity contribution in [2.24, 2.45) is 0 Å². The smallest absolute Gasteiger partial charge is 0.335 e. The summed E-state index contributed by atoms with van der Waals surface area (Å²) in [7, 11) is 0. The van der Waals surface area contributed by atoms with E-state index >= 15 is 0 Å². The van der Waals surface area contributed by atoms with Crippen LogP contribution in [0.15, 0.2) is 66.2 Å². The molecular weight excluding hydrogens is 310 g/mol. The van der Waals surface area contributed by atoms with Crippen molar-refractivity contribution in [2.75, 3.05) is 26.2 Å². The van der Waals surface area contributed by atoms with Crippen molar-refractivity contribution in [1.29, 1.82) is 0 Å². The molecule has 2 aromatic rings. The second kappa shape index (κ2) is 8.63. The van der Waals surface area contributed by atoms with E-state index in [4.69, 9.17) is 4.74 Å². The van der Waals surface area contributed by atoms with E-state index in [-0.39, 0.29) is 5.97 Å². The van der Waals surface area contributed by atoms with E-state index in [0.717, 1.165) is 42.6 Å². The van der Waals surface area contributed by atoms with Gasteiger partial charge in [-0.1, -0.05) is 60.7 Å². The van der Waals surface area contributed by atoms with Crippen molar-refractivity contribution >= 4 is 11.5 Å². The third-order valence-corrected chi connectivity index (χ3v) is 4.63. The van der Waals surface area contributed by atoms with E-state index in [1.165, 1.54) is 5.56 Å². The Balaban J connectivity index is 1.75. The van der Waals surface area contributed by atoms with Crippen LogP contribution in [-0.4, -0.2) is 37.1 Å². The molecule has 0 saturated carbocycles. The summed E-state index contributed by atoms with van der Waals surface area (Å²) in [4.78, 5) is 14.8. The van der Waals surface area contributed by atoms with Gasteiger partial charge < -0.3 is 4.74 Å². The van der Waals surface area contributed by atoms with Crippen molar-refractivity contribution < 1.29 is 9.53 Å². The predicted octanol–water partition coefficient (Wildman–Crippen LogP) is 3.95. The Morgan fingerprint density at radius 3 is 2.40 bits per heavy atom. The topological polar surface area (TPSA) is 29.5 Å².